The lowest BCUT2D eigenvalue weighted by molar-refractivity contribution is 0.0939. The lowest BCUT2D eigenvalue weighted by Gasteiger charge is -2.10. The van der Waals surface area contributed by atoms with E-state index in [4.69, 9.17) is 4.42 Å². The number of amides is 1. The van der Waals surface area contributed by atoms with Crippen LogP contribution in [0.4, 0.5) is 0 Å². The summed E-state index contributed by atoms with van der Waals surface area (Å²) in [6, 6.07) is 5.41. The van der Waals surface area contributed by atoms with E-state index < -0.39 is 0 Å². The molecule has 1 aromatic heterocycles. The number of aromatic nitrogens is 1. The molecule has 0 aliphatic carbocycles. The zero-order valence-corrected chi connectivity index (χ0v) is 9.36. The quantitative estimate of drug-likeness (QED) is 0.860. The molecule has 4 heteroatoms. The molecule has 0 radical (unpaired) electrons. The van der Waals surface area contributed by atoms with E-state index in [0.717, 1.165) is 6.42 Å². The van der Waals surface area contributed by atoms with E-state index in [1.165, 1.54) is 6.39 Å². The Labute approximate surface area is 93.7 Å². The molecular formula is C12H14N2O2. The summed E-state index contributed by atoms with van der Waals surface area (Å²) in [6.07, 6.45) is 2.29. The first kappa shape index (κ1) is 10.7. The number of oxazole rings is 1. The first-order chi connectivity index (χ1) is 7.70. The van der Waals surface area contributed by atoms with Crippen LogP contribution < -0.4 is 5.32 Å². The van der Waals surface area contributed by atoms with Gasteiger partial charge in [-0.3, -0.25) is 4.79 Å². The van der Waals surface area contributed by atoms with Crippen molar-refractivity contribution >= 4 is 17.0 Å². The number of hydrogen-bond donors (Lipinski definition) is 1. The SMILES string of the molecule is CCC(C)NC(=O)c1ccc2ocnc2c1. The van der Waals surface area contributed by atoms with Gasteiger partial charge in [0.15, 0.2) is 12.0 Å². The van der Waals surface area contributed by atoms with Gasteiger partial charge in [-0.05, 0) is 31.5 Å². The van der Waals surface area contributed by atoms with Gasteiger partial charge < -0.3 is 9.73 Å². The Morgan fingerprint density at radius 1 is 1.56 bits per heavy atom. The number of fused-ring (bicyclic) bond motifs is 1. The summed E-state index contributed by atoms with van der Waals surface area (Å²) >= 11 is 0. The maximum Gasteiger partial charge on any atom is 0.251 e. The number of benzene rings is 1. The summed E-state index contributed by atoms with van der Waals surface area (Å²) in [5, 5.41) is 2.91. The highest BCUT2D eigenvalue weighted by atomic mass is 16.3. The number of hydrogen-bond acceptors (Lipinski definition) is 3. The fourth-order valence-corrected chi connectivity index (χ4v) is 1.41. The number of carbonyl (C=O) groups excluding carboxylic acids is 1. The van der Waals surface area contributed by atoms with Gasteiger partial charge in [0, 0.05) is 11.6 Å². The van der Waals surface area contributed by atoms with Crippen LogP contribution in [0.25, 0.3) is 11.1 Å². The minimum Gasteiger partial charge on any atom is -0.443 e. The van der Waals surface area contributed by atoms with Crippen molar-refractivity contribution in [2.24, 2.45) is 0 Å². The molecule has 1 amide bonds. The maximum atomic E-state index is 11.8. The molecule has 4 nitrogen and oxygen atoms in total. The van der Waals surface area contributed by atoms with Gasteiger partial charge in [-0.15, -0.1) is 0 Å². The van der Waals surface area contributed by atoms with Crippen molar-refractivity contribution in [2.45, 2.75) is 26.3 Å². The average Bonchev–Trinajstić information content (AvgIpc) is 2.75. The van der Waals surface area contributed by atoms with E-state index in [2.05, 4.69) is 10.3 Å². The maximum absolute atomic E-state index is 11.8. The third-order valence-corrected chi connectivity index (χ3v) is 2.58. The summed E-state index contributed by atoms with van der Waals surface area (Å²) in [6.45, 7) is 4.01. The van der Waals surface area contributed by atoms with Gasteiger partial charge in [0.2, 0.25) is 0 Å². The van der Waals surface area contributed by atoms with E-state index in [1.807, 2.05) is 13.8 Å². The second kappa shape index (κ2) is 4.35. The lowest BCUT2D eigenvalue weighted by Crippen LogP contribution is -2.31. The Bertz CT molecular complexity index is 504. The van der Waals surface area contributed by atoms with Gasteiger partial charge in [0.1, 0.15) is 5.52 Å². The molecule has 1 atom stereocenters. The van der Waals surface area contributed by atoms with Crippen LogP contribution in [-0.4, -0.2) is 16.9 Å². The molecule has 2 rings (SSSR count). The Morgan fingerprint density at radius 3 is 3.12 bits per heavy atom. The molecule has 0 aliphatic heterocycles. The van der Waals surface area contributed by atoms with Gasteiger partial charge in [0.05, 0.1) is 0 Å². The molecule has 1 heterocycles. The average molecular weight is 218 g/mol. The predicted molar refractivity (Wildman–Crippen MR) is 61.2 cm³/mol. The van der Waals surface area contributed by atoms with E-state index >= 15 is 0 Å². The minimum absolute atomic E-state index is 0.0701. The van der Waals surface area contributed by atoms with E-state index in [9.17, 15) is 4.79 Å². The highest BCUT2D eigenvalue weighted by molar-refractivity contribution is 5.97. The van der Waals surface area contributed by atoms with Crippen molar-refractivity contribution in [2.75, 3.05) is 0 Å². The zero-order valence-electron chi connectivity index (χ0n) is 9.36. The molecule has 1 N–H and O–H groups in total. The number of nitrogens with one attached hydrogen (secondary N) is 1. The van der Waals surface area contributed by atoms with Crippen LogP contribution in [0.2, 0.25) is 0 Å². The first-order valence-corrected chi connectivity index (χ1v) is 5.35. The van der Waals surface area contributed by atoms with Crippen molar-refractivity contribution in [3.63, 3.8) is 0 Å². The highest BCUT2D eigenvalue weighted by Gasteiger charge is 2.09. The zero-order chi connectivity index (χ0) is 11.5. The molecule has 0 fully saturated rings. The lowest BCUT2D eigenvalue weighted by atomic mass is 10.1. The van der Waals surface area contributed by atoms with Crippen molar-refractivity contribution in [3.8, 4) is 0 Å². The van der Waals surface area contributed by atoms with Gasteiger partial charge in [-0.2, -0.15) is 0 Å². The predicted octanol–water partition coefficient (Wildman–Crippen LogP) is 2.36. The summed E-state index contributed by atoms with van der Waals surface area (Å²) < 4.78 is 5.11. The Hall–Kier alpha value is -1.84. The van der Waals surface area contributed by atoms with Crippen LogP contribution in [0.3, 0.4) is 0 Å². The van der Waals surface area contributed by atoms with Crippen LogP contribution in [0, 0.1) is 0 Å². The van der Waals surface area contributed by atoms with E-state index in [1.54, 1.807) is 18.2 Å². The van der Waals surface area contributed by atoms with Crippen LogP contribution in [0.1, 0.15) is 30.6 Å². The third-order valence-electron chi connectivity index (χ3n) is 2.58. The standard InChI is InChI=1S/C12H14N2O2/c1-3-8(2)14-12(15)9-4-5-11-10(6-9)13-7-16-11/h4-8H,3H2,1-2H3,(H,14,15). The van der Waals surface area contributed by atoms with Crippen LogP contribution >= 0.6 is 0 Å². The molecule has 16 heavy (non-hydrogen) atoms. The first-order valence-electron chi connectivity index (χ1n) is 5.35. The van der Waals surface area contributed by atoms with E-state index in [-0.39, 0.29) is 11.9 Å². The van der Waals surface area contributed by atoms with Crippen molar-refractivity contribution in [1.29, 1.82) is 0 Å². The topological polar surface area (TPSA) is 55.1 Å². The second-order valence-electron chi connectivity index (χ2n) is 3.82. The van der Waals surface area contributed by atoms with Crippen LogP contribution in [0.15, 0.2) is 29.0 Å². The van der Waals surface area contributed by atoms with Gasteiger partial charge in [-0.25, -0.2) is 4.98 Å². The third kappa shape index (κ3) is 2.05. The van der Waals surface area contributed by atoms with E-state index in [0.29, 0.717) is 16.7 Å². The van der Waals surface area contributed by atoms with Crippen molar-refractivity contribution in [3.05, 3.63) is 30.2 Å². The van der Waals surface area contributed by atoms with Crippen molar-refractivity contribution in [1.82, 2.24) is 10.3 Å². The summed E-state index contributed by atoms with van der Waals surface area (Å²) in [5.74, 6) is -0.0701. The van der Waals surface area contributed by atoms with Gasteiger partial charge >= 0.3 is 0 Å². The number of rotatable bonds is 3. The number of nitrogens with zero attached hydrogens (tertiary/aromatic N) is 1. The summed E-state index contributed by atoms with van der Waals surface area (Å²) in [7, 11) is 0. The molecule has 0 bridgehead atoms. The van der Waals surface area contributed by atoms with Crippen LogP contribution in [-0.2, 0) is 0 Å². The largest absolute Gasteiger partial charge is 0.443 e. The molecule has 1 unspecified atom stereocenters. The molecule has 84 valence electrons. The molecule has 2 aromatic rings. The molecule has 0 saturated carbocycles. The summed E-state index contributed by atoms with van der Waals surface area (Å²) in [4.78, 5) is 15.8. The smallest absolute Gasteiger partial charge is 0.251 e. The fraction of sp³-hybridized carbons (Fsp3) is 0.333. The molecule has 0 spiro atoms. The monoisotopic (exact) mass is 218 g/mol. The van der Waals surface area contributed by atoms with Crippen molar-refractivity contribution < 1.29 is 9.21 Å². The minimum atomic E-state index is -0.0701. The molecule has 0 saturated heterocycles. The molecule has 0 aliphatic rings. The Kier molecular flexibility index (Phi) is 2.90. The highest BCUT2D eigenvalue weighted by Crippen LogP contribution is 2.14. The second-order valence-corrected chi connectivity index (χ2v) is 3.82. The normalized spacial score (nSPS) is 12.6. The summed E-state index contributed by atoms with van der Waals surface area (Å²) in [5.41, 5.74) is 2.01. The Morgan fingerprint density at radius 2 is 2.38 bits per heavy atom. The van der Waals surface area contributed by atoms with Gasteiger partial charge in [-0.1, -0.05) is 6.92 Å². The van der Waals surface area contributed by atoms with Gasteiger partial charge in [0.25, 0.3) is 5.91 Å². The number of carbonyl (C=O) groups is 1. The van der Waals surface area contributed by atoms with Crippen LogP contribution in [0.5, 0.6) is 0 Å². The Balaban J connectivity index is 2.22. The molecule has 1 aromatic carbocycles. The fourth-order valence-electron chi connectivity index (χ4n) is 1.41. The molecular weight excluding hydrogens is 204 g/mol.